The molecule has 0 aromatic rings. The van der Waals surface area contributed by atoms with Gasteiger partial charge >= 0.3 is 5.97 Å². The lowest BCUT2D eigenvalue weighted by Crippen LogP contribution is -1.94. The van der Waals surface area contributed by atoms with Crippen LogP contribution in [0, 0.1) is 0 Å². The molecule has 0 spiro atoms. The number of aliphatic carboxylic acids is 1. The molecule has 0 amide bonds. The Morgan fingerprint density at radius 2 is 2.15 bits per heavy atom. The lowest BCUT2D eigenvalue weighted by atomic mass is 10.1. The van der Waals surface area contributed by atoms with E-state index in [1.807, 2.05) is 31.2 Å². The monoisotopic (exact) mass is 274 g/mol. The summed E-state index contributed by atoms with van der Waals surface area (Å²) in [5, 5.41) is 8.51. The molecule has 0 aromatic heterocycles. The number of carbonyl (C=O) groups excluding carboxylic acids is 1. The van der Waals surface area contributed by atoms with Crippen LogP contribution in [0.15, 0.2) is 41.2 Å². The van der Waals surface area contributed by atoms with Crippen molar-refractivity contribution in [3.8, 4) is 0 Å². The molecule has 1 aliphatic rings. The van der Waals surface area contributed by atoms with Crippen LogP contribution in [0.5, 0.6) is 0 Å². The van der Waals surface area contributed by atoms with Crippen LogP contribution in [0.2, 0.25) is 0 Å². The number of carboxylic acids is 1. The molecule has 0 heterocycles. The maximum Gasteiger partial charge on any atom is 0.303 e. The maximum absolute atomic E-state index is 11.7. The lowest BCUT2D eigenvalue weighted by molar-refractivity contribution is -0.137. The van der Waals surface area contributed by atoms with Crippen LogP contribution in [-0.4, -0.2) is 16.9 Å². The topological polar surface area (TPSA) is 54.4 Å². The molecule has 0 fully saturated rings. The molecule has 0 radical (unpaired) electrons. The first-order valence-electron chi connectivity index (χ1n) is 7.14. The summed E-state index contributed by atoms with van der Waals surface area (Å²) in [4.78, 5) is 22.1. The highest BCUT2D eigenvalue weighted by Gasteiger charge is 2.19. The van der Waals surface area contributed by atoms with Crippen molar-refractivity contribution in [2.45, 2.75) is 51.9 Å². The van der Waals surface area contributed by atoms with Crippen molar-refractivity contribution < 1.29 is 14.7 Å². The minimum absolute atomic E-state index is 0.227. The van der Waals surface area contributed by atoms with Gasteiger partial charge in [0.05, 0.1) is 0 Å². The SMILES string of the molecule is C/C=C\CC1=C(C=C=CCCCCC(=O)O)CCC1=O. The fourth-order valence-corrected chi connectivity index (χ4v) is 2.13. The van der Waals surface area contributed by atoms with Crippen molar-refractivity contribution in [1.29, 1.82) is 0 Å². The number of unbranched alkanes of at least 4 members (excludes halogenated alkanes) is 2. The van der Waals surface area contributed by atoms with Gasteiger partial charge in [0.1, 0.15) is 0 Å². The van der Waals surface area contributed by atoms with Crippen LogP contribution in [0.25, 0.3) is 0 Å². The van der Waals surface area contributed by atoms with E-state index < -0.39 is 5.97 Å². The zero-order valence-electron chi connectivity index (χ0n) is 12.0. The number of rotatable bonds is 8. The van der Waals surface area contributed by atoms with Crippen LogP contribution in [-0.2, 0) is 9.59 Å². The van der Waals surface area contributed by atoms with Gasteiger partial charge in [-0.1, -0.05) is 12.2 Å². The summed E-state index contributed by atoms with van der Waals surface area (Å²) in [5.74, 6) is -0.495. The van der Waals surface area contributed by atoms with Crippen LogP contribution in [0.4, 0.5) is 0 Å². The smallest absolute Gasteiger partial charge is 0.303 e. The van der Waals surface area contributed by atoms with Crippen molar-refractivity contribution >= 4 is 11.8 Å². The highest BCUT2D eigenvalue weighted by atomic mass is 16.4. The van der Waals surface area contributed by atoms with Crippen molar-refractivity contribution in [3.63, 3.8) is 0 Å². The molecular formula is C17H22O3. The van der Waals surface area contributed by atoms with Gasteiger partial charge in [-0.15, -0.1) is 5.73 Å². The van der Waals surface area contributed by atoms with Gasteiger partial charge in [0.25, 0.3) is 0 Å². The quantitative estimate of drug-likeness (QED) is 0.414. The third kappa shape index (κ3) is 5.85. The van der Waals surface area contributed by atoms with E-state index in [0.29, 0.717) is 19.3 Å². The van der Waals surface area contributed by atoms with Crippen LogP contribution in [0.3, 0.4) is 0 Å². The molecule has 0 atom stereocenters. The summed E-state index contributed by atoms with van der Waals surface area (Å²) >= 11 is 0. The van der Waals surface area contributed by atoms with Gasteiger partial charge in [-0.25, -0.2) is 0 Å². The predicted molar refractivity (Wildman–Crippen MR) is 79.5 cm³/mol. The van der Waals surface area contributed by atoms with E-state index in [0.717, 1.165) is 30.4 Å². The summed E-state index contributed by atoms with van der Waals surface area (Å²) in [6.07, 6.45) is 12.5. The molecule has 20 heavy (non-hydrogen) atoms. The minimum atomic E-state index is -0.743. The number of carboxylic acid groups (broad SMARTS) is 1. The fourth-order valence-electron chi connectivity index (χ4n) is 2.13. The van der Waals surface area contributed by atoms with E-state index in [1.54, 1.807) is 0 Å². The summed E-state index contributed by atoms with van der Waals surface area (Å²) in [6.45, 7) is 1.95. The second-order valence-electron chi connectivity index (χ2n) is 4.85. The fraction of sp³-hybridized carbons (Fsp3) is 0.471. The summed E-state index contributed by atoms with van der Waals surface area (Å²) < 4.78 is 0. The summed E-state index contributed by atoms with van der Waals surface area (Å²) in [7, 11) is 0. The lowest BCUT2D eigenvalue weighted by Gasteiger charge is -1.97. The van der Waals surface area contributed by atoms with E-state index >= 15 is 0 Å². The number of carbonyl (C=O) groups is 2. The molecule has 1 N–H and O–H groups in total. The van der Waals surface area contributed by atoms with Gasteiger partial charge in [0.15, 0.2) is 5.78 Å². The van der Waals surface area contributed by atoms with E-state index in [2.05, 4.69) is 5.73 Å². The van der Waals surface area contributed by atoms with Crippen molar-refractivity contribution in [2.75, 3.05) is 0 Å². The molecule has 1 aliphatic carbocycles. The first kappa shape index (κ1) is 16.2. The van der Waals surface area contributed by atoms with Gasteiger partial charge in [-0.2, -0.15) is 0 Å². The molecule has 0 aliphatic heterocycles. The Kier molecular flexibility index (Phi) is 7.38. The normalized spacial score (nSPS) is 14.8. The Labute approximate surface area is 120 Å². The van der Waals surface area contributed by atoms with Crippen LogP contribution < -0.4 is 0 Å². The maximum atomic E-state index is 11.7. The average Bonchev–Trinajstić information content (AvgIpc) is 2.76. The molecule has 3 heteroatoms. The molecular weight excluding hydrogens is 252 g/mol. The number of ketones is 1. The largest absolute Gasteiger partial charge is 0.481 e. The molecule has 108 valence electrons. The Hall–Kier alpha value is -1.86. The molecule has 0 saturated heterocycles. The zero-order valence-corrected chi connectivity index (χ0v) is 12.0. The third-order valence-electron chi connectivity index (χ3n) is 3.27. The Morgan fingerprint density at radius 1 is 1.35 bits per heavy atom. The van der Waals surface area contributed by atoms with Gasteiger partial charge in [-0.3, -0.25) is 9.59 Å². The van der Waals surface area contributed by atoms with Crippen molar-refractivity contribution in [2.24, 2.45) is 0 Å². The molecule has 0 bridgehead atoms. The van der Waals surface area contributed by atoms with Gasteiger partial charge in [-0.05, 0) is 56.8 Å². The van der Waals surface area contributed by atoms with Gasteiger partial charge in [0.2, 0.25) is 0 Å². The first-order chi connectivity index (χ1) is 9.65. The van der Waals surface area contributed by atoms with Gasteiger partial charge < -0.3 is 5.11 Å². The highest BCUT2D eigenvalue weighted by Crippen LogP contribution is 2.26. The molecule has 1 rings (SSSR count). The second kappa shape index (κ2) is 9.11. The number of hydrogen-bond acceptors (Lipinski definition) is 2. The minimum Gasteiger partial charge on any atom is -0.481 e. The Morgan fingerprint density at radius 3 is 2.85 bits per heavy atom. The van der Waals surface area contributed by atoms with E-state index in [9.17, 15) is 9.59 Å². The first-order valence-corrected chi connectivity index (χ1v) is 7.14. The predicted octanol–water partition coefficient (Wildman–Crippen LogP) is 3.97. The van der Waals surface area contributed by atoms with E-state index in [-0.39, 0.29) is 12.2 Å². The summed E-state index contributed by atoms with van der Waals surface area (Å²) in [6, 6.07) is 0. The molecule has 0 unspecified atom stereocenters. The van der Waals surface area contributed by atoms with E-state index in [1.165, 1.54) is 0 Å². The second-order valence-corrected chi connectivity index (χ2v) is 4.85. The molecule has 3 nitrogen and oxygen atoms in total. The average molecular weight is 274 g/mol. The van der Waals surface area contributed by atoms with Crippen molar-refractivity contribution in [3.05, 3.63) is 41.2 Å². The third-order valence-corrected chi connectivity index (χ3v) is 3.27. The van der Waals surface area contributed by atoms with Crippen LogP contribution >= 0.6 is 0 Å². The summed E-state index contributed by atoms with van der Waals surface area (Å²) in [5.41, 5.74) is 5.12. The Bertz CT molecular complexity index is 474. The van der Waals surface area contributed by atoms with E-state index in [4.69, 9.17) is 5.11 Å². The Balaban J connectivity index is 2.48. The highest BCUT2D eigenvalue weighted by molar-refractivity contribution is 5.99. The number of Topliss-reactive ketones (excluding diaryl/α,β-unsaturated/α-hetero) is 1. The van der Waals surface area contributed by atoms with Crippen molar-refractivity contribution in [1.82, 2.24) is 0 Å². The molecule has 0 aromatic carbocycles. The zero-order chi connectivity index (χ0) is 14.8. The van der Waals surface area contributed by atoms with Gasteiger partial charge in [0, 0.05) is 18.4 Å². The number of hydrogen-bond donors (Lipinski definition) is 1. The number of allylic oxidation sites excluding steroid dienone is 5. The standard InChI is InChI=1S/C17H22O3/c1-2-3-10-15-14(12-13-16(15)18)9-7-5-4-6-8-11-17(19)20/h2-3,5,9H,4,6,8,10-13H2,1H3,(H,19,20)/b3-2-. The van der Waals surface area contributed by atoms with Crippen LogP contribution in [0.1, 0.15) is 51.9 Å². The molecule has 0 saturated carbocycles.